The maximum atomic E-state index is 12.5. The molecular weight excluding hydrogens is 494 g/mol. The first-order valence-corrected chi connectivity index (χ1v) is 13.1. The van der Waals surface area contributed by atoms with Gasteiger partial charge in [-0.25, -0.2) is 9.97 Å². The first-order valence-electron chi connectivity index (χ1n) is 11.4. The monoisotopic (exact) mass is 519 g/mol. The van der Waals surface area contributed by atoms with Crippen molar-refractivity contribution in [2.45, 2.75) is 13.3 Å². The average Bonchev–Trinajstić information content (AvgIpc) is 3.56. The lowest BCUT2D eigenvalue weighted by Crippen LogP contribution is -2.36. The number of benzene rings is 1. The molecule has 0 fully saturated rings. The molecule has 0 bridgehead atoms. The second-order valence-corrected chi connectivity index (χ2v) is 10.8. The van der Waals surface area contributed by atoms with Crippen LogP contribution in [0.15, 0.2) is 59.5 Å². The maximum absolute atomic E-state index is 12.5. The minimum Gasteiger partial charge on any atom is -0.492 e. The molecule has 0 atom stereocenters. The summed E-state index contributed by atoms with van der Waals surface area (Å²) in [5, 5.41) is 3.73. The molecule has 1 aliphatic rings. The van der Waals surface area contributed by atoms with Crippen molar-refractivity contribution in [3.8, 4) is 16.5 Å². The Labute approximate surface area is 216 Å². The molecule has 0 aliphatic carbocycles. The van der Waals surface area contributed by atoms with E-state index in [0.717, 1.165) is 42.8 Å². The van der Waals surface area contributed by atoms with E-state index in [9.17, 15) is 9.59 Å². The highest BCUT2D eigenvalue weighted by Crippen LogP contribution is 2.34. The molecule has 0 saturated carbocycles. The number of likely N-dealkylation sites (N-methyl/N-ethyl adjacent to an activating group) is 1. The van der Waals surface area contributed by atoms with Gasteiger partial charge in [0.25, 0.3) is 11.8 Å². The van der Waals surface area contributed by atoms with Gasteiger partial charge in [-0.1, -0.05) is 18.2 Å². The number of nitrogens with zero attached hydrogens (tertiary/aromatic N) is 4. The minimum absolute atomic E-state index is 0.383. The molecule has 0 spiro atoms. The molecule has 0 unspecified atom stereocenters. The molecule has 4 aromatic rings. The SMILES string of the molecule is CC1=CC(=O)N(Nc2nc(-c3cccs3)nc3sc(Cc4cccc(OCCN(C)C)c4)cc23)C1=O. The molecule has 36 heavy (non-hydrogen) atoms. The quantitative estimate of drug-likeness (QED) is 0.324. The number of rotatable bonds is 9. The highest BCUT2D eigenvalue weighted by Gasteiger charge is 2.30. The zero-order chi connectivity index (χ0) is 25.2. The lowest BCUT2D eigenvalue weighted by molar-refractivity contribution is -0.135. The van der Waals surface area contributed by atoms with E-state index in [1.165, 1.54) is 17.4 Å². The van der Waals surface area contributed by atoms with Gasteiger partial charge in [0.2, 0.25) is 0 Å². The van der Waals surface area contributed by atoms with Crippen LogP contribution < -0.4 is 10.2 Å². The maximum Gasteiger partial charge on any atom is 0.275 e. The molecule has 5 rings (SSSR count). The van der Waals surface area contributed by atoms with Crippen molar-refractivity contribution in [3.63, 3.8) is 0 Å². The van der Waals surface area contributed by atoms with Crippen LogP contribution in [0, 0.1) is 0 Å². The number of fused-ring (bicyclic) bond motifs is 1. The largest absolute Gasteiger partial charge is 0.492 e. The van der Waals surface area contributed by atoms with E-state index in [2.05, 4.69) is 27.4 Å². The molecule has 0 radical (unpaired) electrons. The normalized spacial score (nSPS) is 13.7. The van der Waals surface area contributed by atoms with Crippen LogP contribution in [0.3, 0.4) is 0 Å². The first kappa shape index (κ1) is 24.1. The topological polar surface area (TPSA) is 87.7 Å². The van der Waals surface area contributed by atoms with Crippen molar-refractivity contribution in [2.75, 3.05) is 32.7 Å². The van der Waals surface area contributed by atoms with E-state index in [-0.39, 0.29) is 5.91 Å². The van der Waals surface area contributed by atoms with Gasteiger partial charge in [0.15, 0.2) is 11.6 Å². The second kappa shape index (κ2) is 10.2. The van der Waals surface area contributed by atoms with Gasteiger partial charge in [0, 0.05) is 29.5 Å². The smallest absolute Gasteiger partial charge is 0.275 e. The van der Waals surface area contributed by atoms with Crippen LogP contribution in [0.2, 0.25) is 0 Å². The average molecular weight is 520 g/mol. The summed E-state index contributed by atoms with van der Waals surface area (Å²) in [5.74, 6) is 1.02. The second-order valence-electron chi connectivity index (χ2n) is 8.70. The molecule has 184 valence electrons. The third-order valence-corrected chi connectivity index (χ3v) is 7.48. The third-order valence-electron chi connectivity index (χ3n) is 5.59. The summed E-state index contributed by atoms with van der Waals surface area (Å²) in [5.41, 5.74) is 4.46. The Balaban J connectivity index is 1.45. The highest BCUT2D eigenvalue weighted by molar-refractivity contribution is 7.18. The molecule has 3 aromatic heterocycles. The minimum atomic E-state index is -0.413. The molecule has 2 amide bonds. The van der Waals surface area contributed by atoms with Gasteiger partial charge < -0.3 is 9.64 Å². The predicted molar refractivity (Wildman–Crippen MR) is 143 cm³/mol. The van der Waals surface area contributed by atoms with Gasteiger partial charge in [-0.05, 0) is 56.2 Å². The molecular formula is C26H25N5O3S2. The van der Waals surface area contributed by atoms with Crippen molar-refractivity contribution < 1.29 is 14.3 Å². The van der Waals surface area contributed by atoms with Crippen LogP contribution in [-0.4, -0.2) is 58.9 Å². The van der Waals surface area contributed by atoms with Crippen LogP contribution in [-0.2, 0) is 16.0 Å². The fourth-order valence-electron chi connectivity index (χ4n) is 3.75. The molecule has 8 nitrogen and oxygen atoms in total. The molecule has 10 heteroatoms. The highest BCUT2D eigenvalue weighted by atomic mass is 32.1. The van der Waals surface area contributed by atoms with Crippen LogP contribution in [0.5, 0.6) is 5.75 Å². The summed E-state index contributed by atoms with van der Waals surface area (Å²) in [6, 6.07) is 14.0. The molecule has 4 heterocycles. The third kappa shape index (κ3) is 5.15. The Hall–Kier alpha value is -3.60. The lowest BCUT2D eigenvalue weighted by atomic mass is 10.1. The summed E-state index contributed by atoms with van der Waals surface area (Å²) in [6.07, 6.45) is 2.02. The van der Waals surface area contributed by atoms with Gasteiger partial charge in [0.1, 0.15) is 17.2 Å². The predicted octanol–water partition coefficient (Wildman–Crippen LogP) is 4.59. The number of thiophene rings is 2. The van der Waals surface area contributed by atoms with E-state index in [4.69, 9.17) is 9.72 Å². The van der Waals surface area contributed by atoms with Crippen LogP contribution in [0.4, 0.5) is 5.82 Å². The summed E-state index contributed by atoms with van der Waals surface area (Å²) >= 11 is 3.10. The summed E-state index contributed by atoms with van der Waals surface area (Å²) in [4.78, 5) is 39.2. The zero-order valence-corrected chi connectivity index (χ0v) is 21.8. The fraction of sp³-hybridized carbons (Fsp3) is 0.231. The molecule has 1 aromatic carbocycles. The number of hydrogen-bond donors (Lipinski definition) is 1. The zero-order valence-electron chi connectivity index (χ0n) is 20.1. The number of amides is 2. The Bertz CT molecular complexity index is 1460. The van der Waals surface area contributed by atoms with Gasteiger partial charge in [-0.3, -0.25) is 15.0 Å². The Morgan fingerprint density at radius 1 is 1.11 bits per heavy atom. The van der Waals surface area contributed by atoms with Crippen molar-refractivity contribution in [2.24, 2.45) is 0 Å². The van der Waals surface area contributed by atoms with E-state index in [1.54, 1.807) is 18.3 Å². The van der Waals surface area contributed by atoms with Gasteiger partial charge in [-0.2, -0.15) is 5.01 Å². The van der Waals surface area contributed by atoms with Crippen molar-refractivity contribution in [1.29, 1.82) is 0 Å². The number of anilines is 1. The molecule has 0 saturated heterocycles. The van der Waals surface area contributed by atoms with E-state index >= 15 is 0 Å². The van der Waals surface area contributed by atoms with Crippen LogP contribution in [0.25, 0.3) is 20.9 Å². The number of nitrogens with one attached hydrogen (secondary N) is 1. The molecule has 1 N–H and O–H groups in total. The number of carbonyl (C=O) groups is 2. The van der Waals surface area contributed by atoms with Crippen LogP contribution in [0.1, 0.15) is 17.4 Å². The number of ether oxygens (including phenoxy) is 1. The van der Waals surface area contributed by atoms with Gasteiger partial charge in [-0.15, -0.1) is 22.7 Å². The Morgan fingerprint density at radius 2 is 1.97 bits per heavy atom. The first-order chi connectivity index (χ1) is 17.4. The van der Waals surface area contributed by atoms with Crippen molar-refractivity contribution in [3.05, 3.63) is 69.9 Å². The van der Waals surface area contributed by atoms with Gasteiger partial charge in [0.05, 0.1) is 10.3 Å². The van der Waals surface area contributed by atoms with Crippen LogP contribution >= 0.6 is 22.7 Å². The number of carbonyl (C=O) groups excluding carboxylic acids is 2. The van der Waals surface area contributed by atoms with Gasteiger partial charge >= 0.3 is 0 Å². The van der Waals surface area contributed by atoms with E-state index in [1.807, 2.05) is 49.8 Å². The summed E-state index contributed by atoms with van der Waals surface area (Å²) in [7, 11) is 4.04. The summed E-state index contributed by atoms with van der Waals surface area (Å²) in [6.45, 7) is 3.09. The molecule has 1 aliphatic heterocycles. The number of imide groups is 1. The lowest BCUT2D eigenvalue weighted by Gasteiger charge is -2.17. The standard InChI is InChI=1S/C26H25N5O3S2/c1-16-12-22(32)31(26(16)33)29-23-20-15-19(36-25(20)28-24(27-23)21-8-5-11-35-21)14-17-6-4-7-18(13-17)34-10-9-30(2)3/h4-8,11-13,15H,9-10,14H2,1-3H3,(H,27,28,29). The van der Waals surface area contributed by atoms with Crippen molar-refractivity contribution in [1.82, 2.24) is 19.9 Å². The number of hydrazine groups is 1. The number of aromatic nitrogens is 2. The fourth-order valence-corrected chi connectivity index (χ4v) is 5.47. The summed E-state index contributed by atoms with van der Waals surface area (Å²) < 4.78 is 5.89. The van der Waals surface area contributed by atoms with E-state index in [0.29, 0.717) is 30.2 Å². The Morgan fingerprint density at radius 3 is 2.69 bits per heavy atom. The van der Waals surface area contributed by atoms with E-state index < -0.39 is 5.91 Å². The Kier molecular flexibility index (Phi) is 6.82. The number of hydrogen-bond acceptors (Lipinski definition) is 9. The van der Waals surface area contributed by atoms with Crippen molar-refractivity contribution >= 4 is 50.5 Å².